The predicted octanol–water partition coefficient (Wildman–Crippen LogP) is 3.11. The highest BCUT2D eigenvalue weighted by Gasteiger charge is 2.36. The second kappa shape index (κ2) is 5.46. The fourth-order valence-electron chi connectivity index (χ4n) is 2.84. The van der Waals surface area contributed by atoms with Gasteiger partial charge < -0.3 is 16.0 Å². The Morgan fingerprint density at radius 2 is 2.00 bits per heavy atom. The molecule has 1 fully saturated rings. The molecule has 20 heavy (non-hydrogen) atoms. The molecule has 1 saturated carbocycles. The lowest BCUT2D eigenvalue weighted by Gasteiger charge is -2.22. The van der Waals surface area contributed by atoms with Crippen molar-refractivity contribution in [2.45, 2.75) is 38.1 Å². The van der Waals surface area contributed by atoms with Gasteiger partial charge in [-0.15, -0.1) is 12.4 Å². The van der Waals surface area contributed by atoms with Gasteiger partial charge in [0.25, 0.3) is 0 Å². The van der Waals surface area contributed by atoms with Gasteiger partial charge in [-0.05, 0) is 44.0 Å². The lowest BCUT2D eigenvalue weighted by atomic mass is 9.98. The average Bonchev–Trinajstić information content (AvgIpc) is 2.95. The van der Waals surface area contributed by atoms with E-state index in [4.69, 9.17) is 5.73 Å². The number of hydrogen-bond donors (Lipinski definition) is 3. The second-order valence-electron chi connectivity index (χ2n) is 5.57. The van der Waals surface area contributed by atoms with Crippen molar-refractivity contribution in [1.29, 1.82) is 0 Å². The topological polar surface area (TPSA) is 70.9 Å². The number of hydrogen-bond acceptors (Lipinski definition) is 2. The number of nitrogens with two attached hydrogens (primary N) is 1. The Balaban J connectivity index is 0.00000147. The summed E-state index contributed by atoms with van der Waals surface area (Å²) in [5.41, 5.74) is 8.48. The third-order valence-corrected chi connectivity index (χ3v) is 3.96. The largest absolute Gasteiger partial charge is 0.359 e. The maximum absolute atomic E-state index is 12.2. The number of carbonyl (C=O) groups is 1. The molecule has 5 heteroatoms. The monoisotopic (exact) mass is 293 g/mol. The Hall–Kier alpha value is -1.52. The molecule has 0 bridgehead atoms. The van der Waals surface area contributed by atoms with E-state index in [1.807, 2.05) is 25.1 Å². The van der Waals surface area contributed by atoms with Gasteiger partial charge in [0.05, 0.1) is 5.54 Å². The first-order chi connectivity index (χ1) is 9.07. The first-order valence-electron chi connectivity index (χ1n) is 6.77. The molecule has 0 unspecified atom stereocenters. The fourth-order valence-corrected chi connectivity index (χ4v) is 2.84. The van der Waals surface area contributed by atoms with Crippen molar-refractivity contribution in [3.63, 3.8) is 0 Å². The van der Waals surface area contributed by atoms with Crippen LogP contribution in [0.5, 0.6) is 0 Å². The number of carbonyl (C=O) groups excluding carboxylic acids is 1. The van der Waals surface area contributed by atoms with Crippen molar-refractivity contribution in [2.75, 3.05) is 5.32 Å². The summed E-state index contributed by atoms with van der Waals surface area (Å²) >= 11 is 0. The molecular weight excluding hydrogens is 274 g/mol. The summed E-state index contributed by atoms with van der Waals surface area (Å²) in [6.07, 6.45) is 3.65. The molecular formula is C15H20ClN3O. The molecule has 0 spiro atoms. The highest BCUT2D eigenvalue weighted by molar-refractivity contribution is 5.99. The van der Waals surface area contributed by atoms with E-state index in [2.05, 4.69) is 16.4 Å². The molecule has 1 heterocycles. The number of amides is 1. The number of halogens is 1. The van der Waals surface area contributed by atoms with E-state index in [9.17, 15) is 4.79 Å². The fraction of sp³-hybridized carbons (Fsp3) is 0.400. The van der Waals surface area contributed by atoms with Gasteiger partial charge in [-0.25, -0.2) is 0 Å². The Kier molecular flexibility index (Phi) is 4.06. The minimum atomic E-state index is -0.678. The highest BCUT2D eigenvalue weighted by atomic mass is 35.5. The lowest BCUT2D eigenvalue weighted by Crippen LogP contribution is -2.48. The summed E-state index contributed by atoms with van der Waals surface area (Å²) < 4.78 is 0. The number of rotatable bonds is 2. The van der Waals surface area contributed by atoms with E-state index in [1.54, 1.807) is 0 Å². The number of fused-ring (bicyclic) bond motifs is 1. The zero-order valence-electron chi connectivity index (χ0n) is 11.5. The summed E-state index contributed by atoms with van der Waals surface area (Å²) in [7, 11) is 0. The molecule has 0 radical (unpaired) electrons. The van der Waals surface area contributed by atoms with Crippen molar-refractivity contribution in [1.82, 2.24) is 4.98 Å². The zero-order valence-corrected chi connectivity index (χ0v) is 12.3. The van der Waals surface area contributed by atoms with Gasteiger partial charge in [0.2, 0.25) is 5.91 Å². The van der Waals surface area contributed by atoms with Crippen LogP contribution in [0.15, 0.2) is 24.3 Å². The average molecular weight is 294 g/mol. The van der Waals surface area contributed by atoms with Crippen LogP contribution in [0.2, 0.25) is 0 Å². The molecule has 2 aromatic rings. The third kappa shape index (κ3) is 2.67. The van der Waals surface area contributed by atoms with Gasteiger partial charge in [-0.2, -0.15) is 0 Å². The zero-order chi connectivity index (χ0) is 13.5. The number of nitrogens with one attached hydrogen (secondary N) is 2. The van der Waals surface area contributed by atoms with Crippen molar-refractivity contribution in [3.05, 3.63) is 30.0 Å². The number of anilines is 1. The molecule has 3 rings (SSSR count). The number of H-pyrrole nitrogens is 1. The van der Waals surface area contributed by atoms with Gasteiger partial charge in [0.1, 0.15) is 0 Å². The summed E-state index contributed by atoms with van der Waals surface area (Å²) in [5.74, 6) is -0.0587. The smallest absolute Gasteiger partial charge is 0.244 e. The van der Waals surface area contributed by atoms with Crippen LogP contribution < -0.4 is 11.1 Å². The van der Waals surface area contributed by atoms with E-state index in [1.165, 1.54) is 0 Å². The molecule has 0 saturated heterocycles. The highest BCUT2D eigenvalue weighted by Crippen LogP contribution is 2.29. The maximum Gasteiger partial charge on any atom is 0.244 e. The van der Waals surface area contributed by atoms with Gasteiger partial charge in [-0.3, -0.25) is 4.79 Å². The SMILES string of the molecule is Cc1cc2cc(NC(=O)C3(N)CCCC3)ccc2[nH]1.Cl. The summed E-state index contributed by atoms with van der Waals surface area (Å²) in [5, 5.41) is 4.05. The molecule has 0 aliphatic heterocycles. The standard InChI is InChI=1S/C15H19N3O.ClH/c1-10-8-11-9-12(4-5-13(11)17-10)18-14(19)15(16)6-2-3-7-15;/h4-5,8-9,17H,2-3,6-7,16H2,1H3,(H,18,19);1H. The summed E-state index contributed by atoms with van der Waals surface area (Å²) in [6, 6.07) is 7.94. The number of aromatic amines is 1. The molecule has 1 amide bonds. The number of aromatic nitrogens is 1. The first-order valence-corrected chi connectivity index (χ1v) is 6.77. The van der Waals surface area contributed by atoms with Crippen LogP contribution in [0.1, 0.15) is 31.4 Å². The van der Waals surface area contributed by atoms with Crippen LogP contribution in [0, 0.1) is 6.92 Å². The first kappa shape index (κ1) is 14.9. The number of aryl methyl sites for hydroxylation is 1. The minimum absolute atomic E-state index is 0. The van der Waals surface area contributed by atoms with E-state index in [-0.39, 0.29) is 18.3 Å². The number of benzene rings is 1. The van der Waals surface area contributed by atoms with Gasteiger partial charge in [0.15, 0.2) is 0 Å². The Morgan fingerprint density at radius 3 is 2.70 bits per heavy atom. The van der Waals surface area contributed by atoms with Gasteiger partial charge in [-0.1, -0.05) is 12.8 Å². The summed E-state index contributed by atoms with van der Waals surface area (Å²) in [6.45, 7) is 2.02. The molecule has 108 valence electrons. The summed E-state index contributed by atoms with van der Waals surface area (Å²) in [4.78, 5) is 15.5. The molecule has 1 aromatic carbocycles. The van der Waals surface area contributed by atoms with Crippen LogP contribution >= 0.6 is 12.4 Å². The molecule has 1 aromatic heterocycles. The van der Waals surface area contributed by atoms with E-state index < -0.39 is 5.54 Å². The second-order valence-corrected chi connectivity index (χ2v) is 5.57. The molecule has 1 aliphatic carbocycles. The Labute approximate surface area is 124 Å². The molecule has 4 N–H and O–H groups in total. The normalized spacial score (nSPS) is 16.9. The van der Waals surface area contributed by atoms with E-state index >= 15 is 0 Å². The molecule has 0 atom stereocenters. The van der Waals surface area contributed by atoms with Crippen molar-refractivity contribution in [2.24, 2.45) is 5.73 Å². The van der Waals surface area contributed by atoms with Crippen molar-refractivity contribution in [3.8, 4) is 0 Å². The Bertz CT molecular complexity index is 629. The molecule has 1 aliphatic rings. The van der Waals surface area contributed by atoms with Crippen molar-refractivity contribution < 1.29 is 4.79 Å². The lowest BCUT2D eigenvalue weighted by molar-refractivity contribution is -0.121. The van der Waals surface area contributed by atoms with Crippen LogP contribution in [0.25, 0.3) is 10.9 Å². The predicted molar refractivity (Wildman–Crippen MR) is 84.3 cm³/mol. The van der Waals surface area contributed by atoms with Gasteiger partial charge in [0, 0.05) is 22.3 Å². The van der Waals surface area contributed by atoms with E-state index in [0.717, 1.165) is 48.0 Å². The van der Waals surface area contributed by atoms with E-state index in [0.29, 0.717) is 0 Å². The van der Waals surface area contributed by atoms with Gasteiger partial charge >= 0.3 is 0 Å². The minimum Gasteiger partial charge on any atom is -0.359 e. The third-order valence-electron chi connectivity index (χ3n) is 3.96. The Morgan fingerprint density at radius 1 is 1.30 bits per heavy atom. The van der Waals surface area contributed by atoms with Crippen LogP contribution in [-0.2, 0) is 4.79 Å². The quantitative estimate of drug-likeness (QED) is 0.796. The van der Waals surface area contributed by atoms with Crippen LogP contribution in [0.4, 0.5) is 5.69 Å². The van der Waals surface area contributed by atoms with Crippen LogP contribution in [-0.4, -0.2) is 16.4 Å². The molecule has 4 nitrogen and oxygen atoms in total. The van der Waals surface area contributed by atoms with Crippen LogP contribution in [0.3, 0.4) is 0 Å². The van der Waals surface area contributed by atoms with Crippen molar-refractivity contribution >= 4 is 34.9 Å². The maximum atomic E-state index is 12.2.